The quantitative estimate of drug-likeness (QED) is 0.576. The van der Waals surface area contributed by atoms with Gasteiger partial charge in [-0.1, -0.05) is 26.8 Å². The normalized spacial score (nSPS) is 17.2. The Morgan fingerprint density at radius 2 is 2.00 bits per heavy atom. The molecule has 146 valence electrons. The zero-order valence-corrected chi connectivity index (χ0v) is 16.8. The monoisotopic (exact) mass is 362 g/mol. The molecule has 1 aliphatic carbocycles. The van der Waals surface area contributed by atoms with Gasteiger partial charge in [-0.15, -0.1) is 0 Å². The van der Waals surface area contributed by atoms with E-state index in [9.17, 15) is 0 Å². The van der Waals surface area contributed by atoms with E-state index in [0.29, 0.717) is 19.2 Å². The summed E-state index contributed by atoms with van der Waals surface area (Å²) >= 11 is 0. The molecule has 2 N–H and O–H groups in total. The molecule has 1 aliphatic rings. The lowest BCUT2D eigenvalue weighted by Crippen LogP contribution is -2.45. The van der Waals surface area contributed by atoms with Crippen molar-refractivity contribution in [2.24, 2.45) is 10.4 Å². The topological polar surface area (TPSA) is 67.8 Å². The van der Waals surface area contributed by atoms with E-state index >= 15 is 0 Å². The standard InChI is InChI=1S/C20H34N4O2/c1-20(2,3)17(25-5)14-24-19(21-4)23-13-15-10-11-18(22-12-15)26-16-8-6-7-9-16/h10-12,16-17H,6-9,13-14H2,1-5H3,(H2,21,23,24). The molecule has 0 amide bonds. The van der Waals surface area contributed by atoms with Crippen molar-refractivity contribution in [3.05, 3.63) is 23.9 Å². The van der Waals surface area contributed by atoms with E-state index in [0.717, 1.165) is 30.2 Å². The van der Waals surface area contributed by atoms with E-state index in [1.165, 1.54) is 12.8 Å². The molecule has 1 aromatic rings. The SMILES string of the molecule is CN=C(NCc1ccc(OC2CCCC2)nc1)NCC(OC)C(C)(C)C. The highest BCUT2D eigenvalue weighted by molar-refractivity contribution is 5.79. The maximum atomic E-state index is 5.90. The van der Waals surface area contributed by atoms with Crippen LogP contribution in [0.4, 0.5) is 0 Å². The molecule has 0 saturated heterocycles. The van der Waals surface area contributed by atoms with E-state index in [4.69, 9.17) is 9.47 Å². The van der Waals surface area contributed by atoms with Gasteiger partial charge in [-0.2, -0.15) is 0 Å². The summed E-state index contributed by atoms with van der Waals surface area (Å²) in [5.74, 6) is 1.47. The van der Waals surface area contributed by atoms with Gasteiger partial charge in [0.05, 0.1) is 6.10 Å². The number of nitrogens with one attached hydrogen (secondary N) is 2. The number of methoxy groups -OCH3 is 1. The second kappa shape index (κ2) is 9.76. The van der Waals surface area contributed by atoms with Crippen LogP contribution in [0.25, 0.3) is 0 Å². The van der Waals surface area contributed by atoms with Gasteiger partial charge < -0.3 is 20.1 Å². The zero-order chi connectivity index (χ0) is 19.0. The number of ether oxygens (including phenoxy) is 2. The van der Waals surface area contributed by atoms with Crippen molar-refractivity contribution in [2.45, 2.75) is 65.2 Å². The summed E-state index contributed by atoms with van der Waals surface area (Å²) in [6.07, 6.45) is 7.11. The van der Waals surface area contributed by atoms with Crippen LogP contribution in [-0.2, 0) is 11.3 Å². The average molecular weight is 363 g/mol. The average Bonchev–Trinajstić information content (AvgIpc) is 3.11. The number of guanidine groups is 1. The summed E-state index contributed by atoms with van der Waals surface area (Å²) in [5.41, 5.74) is 1.16. The van der Waals surface area contributed by atoms with Crippen LogP contribution in [0.2, 0.25) is 0 Å². The Morgan fingerprint density at radius 3 is 2.54 bits per heavy atom. The van der Waals surface area contributed by atoms with E-state index < -0.39 is 0 Å². The first-order valence-electron chi connectivity index (χ1n) is 9.51. The minimum Gasteiger partial charge on any atom is -0.474 e. The van der Waals surface area contributed by atoms with Crippen molar-refractivity contribution < 1.29 is 9.47 Å². The van der Waals surface area contributed by atoms with Gasteiger partial charge in [-0.3, -0.25) is 4.99 Å². The molecule has 1 heterocycles. The van der Waals surface area contributed by atoms with Gasteiger partial charge in [0.1, 0.15) is 6.10 Å². The van der Waals surface area contributed by atoms with E-state index in [1.807, 2.05) is 18.3 Å². The Labute approximate surface area is 157 Å². The number of aliphatic imine (C=N–C) groups is 1. The third-order valence-electron chi connectivity index (χ3n) is 4.78. The molecule has 1 atom stereocenters. The molecule has 26 heavy (non-hydrogen) atoms. The smallest absolute Gasteiger partial charge is 0.213 e. The minimum atomic E-state index is 0.0691. The molecule has 0 aromatic carbocycles. The lowest BCUT2D eigenvalue weighted by molar-refractivity contribution is 0.0205. The first-order valence-corrected chi connectivity index (χ1v) is 9.51. The van der Waals surface area contributed by atoms with Crippen LogP contribution in [0.5, 0.6) is 5.88 Å². The number of hydrogen-bond acceptors (Lipinski definition) is 4. The van der Waals surface area contributed by atoms with Crippen LogP contribution in [-0.4, -0.2) is 43.9 Å². The first kappa shape index (κ1) is 20.5. The predicted molar refractivity (Wildman–Crippen MR) is 106 cm³/mol. The molecule has 0 aliphatic heterocycles. The Balaban J connectivity index is 1.78. The highest BCUT2D eigenvalue weighted by Gasteiger charge is 2.24. The maximum Gasteiger partial charge on any atom is 0.213 e. The molecule has 0 bridgehead atoms. The van der Waals surface area contributed by atoms with Crippen LogP contribution in [0.1, 0.15) is 52.0 Å². The summed E-state index contributed by atoms with van der Waals surface area (Å²) in [5, 5.41) is 6.64. The molecule has 6 heteroatoms. The Morgan fingerprint density at radius 1 is 1.27 bits per heavy atom. The Bertz CT molecular complexity index is 560. The third-order valence-corrected chi connectivity index (χ3v) is 4.78. The molecule has 1 saturated carbocycles. The van der Waals surface area contributed by atoms with Gasteiger partial charge in [0.25, 0.3) is 0 Å². The number of nitrogens with zero attached hydrogens (tertiary/aromatic N) is 2. The molecule has 1 fully saturated rings. The fourth-order valence-electron chi connectivity index (χ4n) is 3.10. The molecule has 0 radical (unpaired) electrons. The van der Waals surface area contributed by atoms with Crippen molar-refractivity contribution >= 4 is 5.96 Å². The van der Waals surface area contributed by atoms with Crippen LogP contribution >= 0.6 is 0 Å². The van der Waals surface area contributed by atoms with E-state index in [-0.39, 0.29) is 11.5 Å². The minimum absolute atomic E-state index is 0.0691. The molecular formula is C20H34N4O2. The number of hydrogen-bond donors (Lipinski definition) is 2. The molecule has 6 nitrogen and oxygen atoms in total. The fourth-order valence-corrected chi connectivity index (χ4v) is 3.10. The second-order valence-electron chi connectivity index (χ2n) is 7.93. The van der Waals surface area contributed by atoms with Gasteiger partial charge in [0.2, 0.25) is 5.88 Å². The lowest BCUT2D eigenvalue weighted by atomic mass is 9.89. The van der Waals surface area contributed by atoms with Crippen molar-refractivity contribution in [3.8, 4) is 5.88 Å². The van der Waals surface area contributed by atoms with Crippen molar-refractivity contribution in [2.75, 3.05) is 20.7 Å². The van der Waals surface area contributed by atoms with Crippen molar-refractivity contribution in [3.63, 3.8) is 0 Å². The van der Waals surface area contributed by atoms with Gasteiger partial charge in [0.15, 0.2) is 5.96 Å². The second-order valence-corrected chi connectivity index (χ2v) is 7.93. The van der Waals surface area contributed by atoms with Gasteiger partial charge >= 0.3 is 0 Å². The zero-order valence-electron chi connectivity index (χ0n) is 16.8. The maximum absolute atomic E-state index is 5.90. The Kier molecular flexibility index (Phi) is 7.69. The number of aromatic nitrogens is 1. The molecule has 1 unspecified atom stereocenters. The van der Waals surface area contributed by atoms with Crippen LogP contribution < -0.4 is 15.4 Å². The summed E-state index contributed by atoms with van der Waals surface area (Å²) < 4.78 is 11.5. The highest BCUT2D eigenvalue weighted by Crippen LogP contribution is 2.23. The fraction of sp³-hybridized carbons (Fsp3) is 0.700. The summed E-state index contributed by atoms with van der Waals surface area (Å²) in [4.78, 5) is 8.69. The molecule has 2 rings (SSSR count). The van der Waals surface area contributed by atoms with E-state index in [2.05, 4.69) is 41.4 Å². The summed E-state index contributed by atoms with van der Waals surface area (Å²) in [7, 11) is 3.51. The third kappa shape index (κ3) is 6.48. The summed E-state index contributed by atoms with van der Waals surface area (Å²) in [6, 6.07) is 4.00. The van der Waals surface area contributed by atoms with Crippen molar-refractivity contribution in [1.29, 1.82) is 0 Å². The van der Waals surface area contributed by atoms with Gasteiger partial charge in [-0.25, -0.2) is 4.98 Å². The lowest BCUT2D eigenvalue weighted by Gasteiger charge is -2.30. The first-order chi connectivity index (χ1) is 12.4. The molecular weight excluding hydrogens is 328 g/mol. The van der Waals surface area contributed by atoms with Crippen LogP contribution in [0, 0.1) is 5.41 Å². The summed E-state index contributed by atoms with van der Waals surface area (Å²) in [6.45, 7) is 7.86. The number of pyridine rings is 1. The van der Waals surface area contributed by atoms with E-state index in [1.54, 1.807) is 14.2 Å². The highest BCUT2D eigenvalue weighted by atomic mass is 16.5. The van der Waals surface area contributed by atoms with Crippen molar-refractivity contribution in [1.82, 2.24) is 15.6 Å². The largest absolute Gasteiger partial charge is 0.474 e. The van der Waals surface area contributed by atoms with Crippen LogP contribution in [0.15, 0.2) is 23.3 Å². The van der Waals surface area contributed by atoms with Gasteiger partial charge in [0, 0.05) is 39.5 Å². The Hall–Kier alpha value is -1.82. The molecule has 1 aromatic heterocycles. The predicted octanol–water partition coefficient (Wildman–Crippen LogP) is 3.13. The molecule has 0 spiro atoms. The van der Waals surface area contributed by atoms with Gasteiger partial charge in [-0.05, 0) is 36.7 Å². The number of rotatable bonds is 7. The van der Waals surface area contributed by atoms with Crippen LogP contribution in [0.3, 0.4) is 0 Å².